The van der Waals surface area contributed by atoms with E-state index < -0.39 is 0 Å². The van der Waals surface area contributed by atoms with Gasteiger partial charge in [-0.2, -0.15) is 0 Å². The number of ether oxygens (including phenoxy) is 1. The maximum atomic E-state index is 5.83. The largest absolute Gasteiger partial charge is 0.468 e. The molecule has 0 aliphatic rings. The van der Waals surface area contributed by atoms with Crippen LogP contribution in [0.5, 0.6) is 5.88 Å². The van der Waals surface area contributed by atoms with Crippen molar-refractivity contribution in [1.29, 1.82) is 0 Å². The van der Waals surface area contributed by atoms with Gasteiger partial charge in [-0.3, -0.25) is 0 Å². The predicted octanol–water partition coefficient (Wildman–Crippen LogP) is 3.57. The fourth-order valence-electron chi connectivity index (χ4n) is 1.50. The lowest BCUT2D eigenvalue weighted by Crippen LogP contribution is -2.06. The summed E-state index contributed by atoms with van der Waals surface area (Å²) in [6, 6.07) is 11.7. The molecule has 3 nitrogen and oxygen atoms in total. The standard InChI is InChI=1S/C13H13BrN2O/c1-9(10-5-3-2-4-6-10)17-13-12(15)7-11(14)8-16-13/h2-9H,15H2,1H3. The molecule has 1 heterocycles. The second-order valence-corrected chi connectivity index (χ2v) is 4.63. The molecule has 0 saturated carbocycles. The molecule has 0 bridgehead atoms. The average Bonchev–Trinajstić information content (AvgIpc) is 2.34. The maximum Gasteiger partial charge on any atom is 0.237 e. The summed E-state index contributed by atoms with van der Waals surface area (Å²) in [6.45, 7) is 1.97. The molecule has 0 spiro atoms. The Morgan fingerprint density at radius 3 is 2.65 bits per heavy atom. The van der Waals surface area contributed by atoms with E-state index in [0.717, 1.165) is 10.0 Å². The van der Waals surface area contributed by atoms with Gasteiger partial charge in [0.1, 0.15) is 6.10 Å². The van der Waals surface area contributed by atoms with Gasteiger partial charge in [0, 0.05) is 10.7 Å². The van der Waals surface area contributed by atoms with E-state index in [0.29, 0.717) is 11.6 Å². The lowest BCUT2D eigenvalue weighted by molar-refractivity contribution is 0.219. The second kappa shape index (κ2) is 5.19. The zero-order valence-corrected chi connectivity index (χ0v) is 11.0. The SMILES string of the molecule is CC(Oc1ncc(Br)cc1N)c1ccccc1. The normalized spacial score (nSPS) is 12.1. The summed E-state index contributed by atoms with van der Waals surface area (Å²) in [6.07, 6.45) is 1.59. The first-order valence-corrected chi connectivity index (χ1v) is 6.09. The number of halogens is 1. The number of hydrogen-bond donors (Lipinski definition) is 1. The maximum absolute atomic E-state index is 5.83. The van der Waals surface area contributed by atoms with Crippen molar-refractivity contribution in [2.24, 2.45) is 0 Å². The molecule has 4 heteroatoms. The summed E-state index contributed by atoms with van der Waals surface area (Å²) in [7, 11) is 0. The fraction of sp³-hybridized carbons (Fsp3) is 0.154. The van der Waals surface area contributed by atoms with Gasteiger partial charge in [0.15, 0.2) is 0 Å². The van der Waals surface area contributed by atoms with E-state index >= 15 is 0 Å². The van der Waals surface area contributed by atoms with E-state index in [-0.39, 0.29) is 6.10 Å². The number of nitrogens with two attached hydrogens (primary N) is 1. The molecule has 0 aliphatic carbocycles. The van der Waals surface area contributed by atoms with Gasteiger partial charge >= 0.3 is 0 Å². The zero-order valence-electron chi connectivity index (χ0n) is 9.43. The molecule has 88 valence electrons. The molecule has 1 atom stereocenters. The third-order valence-corrected chi connectivity index (χ3v) is 2.84. The summed E-state index contributed by atoms with van der Waals surface area (Å²) in [5, 5.41) is 0. The lowest BCUT2D eigenvalue weighted by atomic mass is 10.1. The van der Waals surface area contributed by atoms with Gasteiger partial charge < -0.3 is 10.5 Å². The quantitative estimate of drug-likeness (QED) is 0.941. The highest BCUT2D eigenvalue weighted by molar-refractivity contribution is 9.10. The molecule has 0 amide bonds. The van der Waals surface area contributed by atoms with Crippen LogP contribution in [0.4, 0.5) is 5.69 Å². The van der Waals surface area contributed by atoms with Crippen LogP contribution in [0.1, 0.15) is 18.6 Å². The van der Waals surface area contributed by atoms with Crippen LogP contribution in [-0.4, -0.2) is 4.98 Å². The summed E-state index contributed by atoms with van der Waals surface area (Å²) >= 11 is 3.31. The first kappa shape index (κ1) is 11.9. The van der Waals surface area contributed by atoms with Crippen LogP contribution in [-0.2, 0) is 0 Å². The molecule has 2 rings (SSSR count). The molecule has 0 aliphatic heterocycles. The molecule has 17 heavy (non-hydrogen) atoms. The minimum absolute atomic E-state index is 0.0767. The predicted molar refractivity (Wildman–Crippen MR) is 71.8 cm³/mol. The molecule has 0 fully saturated rings. The van der Waals surface area contributed by atoms with Crippen LogP contribution in [0.15, 0.2) is 47.1 Å². The third-order valence-electron chi connectivity index (χ3n) is 2.40. The number of nitrogen functional groups attached to an aromatic ring is 1. The highest BCUT2D eigenvalue weighted by Crippen LogP contribution is 2.26. The average molecular weight is 293 g/mol. The number of benzene rings is 1. The van der Waals surface area contributed by atoms with Crippen LogP contribution >= 0.6 is 15.9 Å². The summed E-state index contributed by atoms with van der Waals surface area (Å²) < 4.78 is 6.57. The molecular weight excluding hydrogens is 280 g/mol. The van der Waals surface area contributed by atoms with Crippen LogP contribution in [0.2, 0.25) is 0 Å². The van der Waals surface area contributed by atoms with E-state index in [4.69, 9.17) is 10.5 Å². The number of hydrogen-bond acceptors (Lipinski definition) is 3. The lowest BCUT2D eigenvalue weighted by Gasteiger charge is -2.15. The van der Waals surface area contributed by atoms with Gasteiger partial charge in [-0.15, -0.1) is 0 Å². The topological polar surface area (TPSA) is 48.1 Å². The van der Waals surface area contributed by atoms with Crippen LogP contribution in [0.25, 0.3) is 0 Å². The minimum Gasteiger partial charge on any atom is -0.468 e. The van der Waals surface area contributed by atoms with Gasteiger partial charge in [0.2, 0.25) is 5.88 Å². The Hall–Kier alpha value is -1.55. The number of anilines is 1. The number of pyridine rings is 1. The van der Waals surface area contributed by atoms with Gasteiger partial charge in [-0.25, -0.2) is 4.98 Å². The molecule has 1 unspecified atom stereocenters. The zero-order chi connectivity index (χ0) is 12.3. The summed E-state index contributed by atoms with van der Waals surface area (Å²) in [5.41, 5.74) is 7.45. The highest BCUT2D eigenvalue weighted by atomic mass is 79.9. The van der Waals surface area contributed by atoms with Gasteiger partial charge in [-0.05, 0) is 34.5 Å². The van der Waals surface area contributed by atoms with Crippen LogP contribution in [0, 0.1) is 0 Å². The Balaban J connectivity index is 2.16. The monoisotopic (exact) mass is 292 g/mol. The van der Waals surface area contributed by atoms with E-state index in [1.54, 1.807) is 12.3 Å². The Kier molecular flexibility index (Phi) is 3.64. The first-order valence-electron chi connectivity index (χ1n) is 5.29. The fourth-order valence-corrected chi connectivity index (χ4v) is 1.85. The third kappa shape index (κ3) is 2.97. The molecular formula is C13H13BrN2O. The smallest absolute Gasteiger partial charge is 0.237 e. The number of rotatable bonds is 3. The van der Waals surface area contributed by atoms with E-state index in [1.165, 1.54) is 0 Å². The summed E-state index contributed by atoms with van der Waals surface area (Å²) in [4.78, 5) is 4.15. The van der Waals surface area contributed by atoms with Crippen molar-refractivity contribution < 1.29 is 4.74 Å². The molecule has 0 saturated heterocycles. The summed E-state index contributed by atoms with van der Waals surface area (Å²) in [5.74, 6) is 0.463. The Morgan fingerprint density at radius 2 is 2.00 bits per heavy atom. The van der Waals surface area contributed by atoms with Crippen molar-refractivity contribution in [2.45, 2.75) is 13.0 Å². The van der Waals surface area contributed by atoms with Crippen molar-refractivity contribution in [2.75, 3.05) is 5.73 Å². The molecule has 1 aromatic heterocycles. The number of nitrogens with zero attached hydrogens (tertiary/aromatic N) is 1. The molecule has 1 aromatic carbocycles. The second-order valence-electron chi connectivity index (χ2n) is 3.72. The minimum atomic E-state index is -0.0767. The molecule has 2 aromatic rings. The van der Waals surface area contributed by atoms with Crippen molar-refractivity contribution in [3.05, 3.63) is 52.6 Å². The van der Waals surface area contributed by atoms with Crippen LogP contribution in [0.3, 0.4) is 0 Å². The van der Waals surface area contributed by atoms with Crippen LogP contribution < -0.4 is 10.5 Å². The number of aromatic nitrogens is 1. The van der Waals surface area contributed by atoms with E-state index in [1.807, 2.05) is 37.3 Å². The first-order chi connectivity index (χ1) is 8.16. The Morgan fingerprint density at radius 1 is 1.29 bits per heavy atom. The van der Waals surface area contributed by atoms with Crippen molar-refractivity contribution in [1.82, 2.24) is 4.98 Å². The Bertz CT molecular complexity index is 502. The van der Waals surface area contributed by atoms with Gasteiger partial charge in [0.05, 0.1) is 5.69 Å². The Labute approximate surface area is 109 Å². The van der Waals surface area contributed by atoms with Gasteiger partial charge in [-0.1, -0.05) is 30.3 Å². The van der Waals surface area contributed by atoms with Gasteiger partial charge in [0.25, 0.3) is 0 Å². The van der Waals surface area contributed by atoms with Crippen molar-refractivity contribution in [3.63, 3.8) is 0 Å². The van der Waals surface area contributed by atoms with E-state index in [2.05, 4.69) is 20.9 Å². The van der Waals surface area contributed by atoms with Crippen molar-refractivity contribution in [3.8, 4) is 5.88 Å². The highest BCUT2D eigenvalue weighted by Gasteiger charge is 2.10. The van der Waals surface area contributed by atoms with E-state index in [9.17, 15) is 0 Å². The van der Waals surface area contributed by atoms with Crippen molar-refractivity contribution >= 4 is 21.6 Å². The molecule has 2 N–H and O–H groups in total. The molecule has 0 radical (unpaired) electrons.